The standard InChI is InChI=1S/C13H22N2O2.C4H10.C3H8/c1-4-5-6-7-8-9-11-13(17-3)14-10-12(15-11)16-2;1-4(2)3;1-3-2/h4,11H,1,5-10H2,2-3H3;4H,1-3H3;3H2,1-2H3. The summed E-state index contributed by atoms with van der Waals surface area (Å²) in [6, 6.07) is 0.0347. The third-order valence-corrected chi connectivity index (χ3v) is 2.79. The molecule has 0 N–H and O–H groups in total. The summed E-state index contributed by atoms with van der Waals surface area (Å²) in [7, 11) is 3.28. The molecule has 4 heteroatoms. The lowest BCUT2D eigenvalue weighted by Crippen LogP contribution is -2.28. The van der Waals surface area contributed by atoms with E-state index < -0.39 is 0 Å². The molecule has 24 heavy (non-hydrogen) atoms. The van der Waals surface area contributed by atoms with Crippen molar-refractivity contribution in [3.63, 3.8) is 0 Å². The van der Waals surface area contributed by atoms with E-state index in [1.807, 2.05) is 6.08 Å². The van der Waals surface area contributed by atoms with Gasteiger partial charge in [-0.3, -0.25) is 0 Å². The molecular formula is C20H40N2O2. The Bertz CT molecular complexity index is 347. The Morgan fingerprint density at radius 3 is 2.17 bits per heavy atom. The van der Waals surface area contributed by atoms with Crippen LogP contribution in [0.5, 0.6) is 0 Å². The Hall–Kier alpha value is -1.32. The van der Waals surface area contributed by atoms with E-state index in [0.717, 1.165) is 31.1 Å². The molecule has 0 aliphatic carbocycles. The van der Waals surface area contributed by atoms with Gasteiger partial charge in [0.2, 0.25) is 11.8 Å². The van der Waals surface area contributed by atoms with Crippen molar-refractivity contribution >= 4 is 11.8 Å². The number of ether oxygens (including phenoxy) is 2. The number of nitrogens with zero attached hydrogens (tertiary/aromatic N) is 2. The summed E-state index contributed by atoms with van der Waals surface area (Å²) in [6.07, 6.45) is 8.78. The highest BCUT2D eigenvalue weighted by Crippen LogP contribution is 2.14. The van der Waals surface area contributed by atoms with Gasteiger partial charge in [-0.05, 0) is 25.2 Å². The van der Waals surface area contributed by atoms with Crippen molar-refractivity contribution < 1.29 is 9.47 Å². The van der Waals surface area contributed by atoms with Crippen molar-refractivity contribution in [1.82, 2.24) is 0 Å². The van der Waals surface area contributed by atoms with Gasteiger partial charge in [0.25, 0.3) is 0 Å². The third kappa shape index (κ3) is 15.6. The minimum absolute atomic E-state index is 0.0347. The SMILES string of the molecule is C=CCCCCCC1N=C(OC)CN=C1OC.CC(C)C.CCC. The highest BCUT2D eigenvalue weighted by atomic mass is 16.5. The van der Waals surface area contributed by atoms with Gasteiger partial charge in [-0.1, -0.05) is 60.0 Å². The fourth-order valence-electron chi connectivity index (χ4n) is 1.83. The topological polar surface area (TPSA) is 43.2 Å². The monoisotopic (exact) mass is 340 g/mol. The van der Waals surface area contributed by atoms with Gasteiger partial charge in [-0.25, -0.2) is 9.98 Å². The molecule has 1 rings (SSSR count). The fraction of sp³-hybridized carbons (Fsp3) is 0.800. The second-order valence-corrected chi connectivity index (χ2v) is 6.47. The second-order valence-electron chi connectivity index (χ2n) is 6.47. The number of methoxy groups -OCH3 is 2. The van der Waals surface area contributed by atoms with Crippen molar-refractivity contribution in [2.75, 3.05) is 20.8 Å². The minimum atomic E-state index is 0.0347. The van der Waals surface area contributed by atoms with Crippen LogP contribution in [0.3, 0.4) is 0 Å². The van der Waals surface area contributed by atoms with Gasteiger partial charge in [0.15, 0.2) is 0 Å². The highest BCUT2D eigenvalue weighted by molar-refractivity contribution is 5.91. The van der Waals surface area contributed by atoms with Crippen LogP contribution in [0.1, 0.15) is 73.1 Å². The Kier molecular flexibility index (Phi) is 18.7. The lowest BCUT2D eigenvalue weighted by Gasteiger charge is -2.19. The highest BCUT2D eigenvalue weighted by Gasteiger charge is 2.20. The van der Waals surface area contributed by atoms with E-state index in [9.17, 15) is 0 Å². The molecule has 0 fully saturated rings. The zero-order valence-electron chi connectivity index (χ0n) is 17.1. The first-order valence-electron chi connectivity index (χ1n) is 9.26. The van der Waals surface area contributed by atoms with Gasteiger partial charge in [-0.2, -0.15) is 0 Å². The van der Waals surface area contributed by atoms with Crippen molar-refractivity contribution in [3.05, 3.63) is 12.7 Å². The van der Waals surface area contributed by atoms with Crippen molar-refractivity contribution in [2.45, 2.75) is 79.2 Å². The van der Waals surface area contributed by atoms with E-state index in [-0.39, 0.29) is 6.04 Å². The first-order chi connectivity index (χ1) is 11.5. The predicted molar refractivity (Wildman–Crippen MR) is 107 cm³/mol. The molecule has 0 aromatic rings. The van der Waals surface area contributed by atoms with Gasteiger partial charge in [-0.15, -0.1) is 6.58 Å². The summed E-state index contributed by atoms with van der Waals surface area (Å²) >= 11 is 0. The molecule has 142 valence electrons. The van der Waals surface area contributed by atoms with Crippen LogP contribution in [-0.4, -0.2) is 38.6 Å². The molecule has 0 amide bonds. The molecule has 0 aromatic heterocycles. The maximum Gasteiger partial charge on any atom is 0.209 e. The molecular weight excluding hydrogens is 300 g/mol. The van der Waals surface area contributed by atoms with E-state index in [4.69, 9.17) is 9.47 Å². The molecule has 0 saturated carbocycles. The van der Waals surface area contributed by atoms with E-state index in [1.165, 1.54) is 19.3 Å². The number of allylic oxidation sites excluding steroid dienone is 1. The third-order valence-electron chi connectivity index (χ3n) is 2.79. The van der Waals surface area contributed by atoms with Crippen LogP contribution in [0.4, 0.5) is 0 Å². The van der Waals surface area contributed by atoms with E-state index in [1.54, 1.807) is 14.2 Å². The van der Waals surface area contributed by atoms with Gasteiger partial charge in [0.1, 0.15) is 12.6 Å². The van der Waals surface area contributed by atoms with Crippen LogP contribution in [0.25, 0.3) is 0 Å². The van der Waals surface area contributed by atoms with E-state index in [2.05, 4.69) is 51.2 Å². The fourth-order valence-corrected chi connectivity index (χ4v) is 1.83. The second kappa shape index (κ2) is 18.0. The van der Waals surface area contributed by atoms with E-state index in [0.29, 0.717) is 12.4 Å². The molecule has 0 bridgehead atoms. The zero-order valence-corrected chi connectivity index (χ0v) is 17.1. The Morgan fingerprint density at radius 2 is 1.71 bits per heavy atom. The largest absolute Gasteiger partial charge is 0.483 e. The van der Waals surface area contributed by atoms with Crippen molar-refractivity contribution in [3.8, 4) is 0 Å². The molecule has 0 saturated heterocycles. The first kappa shape index (κ1) is 24.9. The van der Waals surface area contributed by atoms with Crippen LogP contribution in [-0.2, 0) is 9.47 Å². The van der Waals surface area contributed by atoms with Crippen molar-refractivity contribution in [2.24, 2.45) is 15.9 Å². The number of hydrogen-bond acceptors (Lipinski definition) is 4. The van der Waals surface area contributed by atoms with Crippen LogP contribution in [0, 0.1) is 5.92 Å². The van der Waals surface area contributed by atoms with E-state index >= 15 is 0 Å². The number of unbranched alkanes of at least 4 members (excludes halogenated alkanes) is 3. The average molecular weight is 341 g/mol. The summed E-state index contributed by atoms with van der Waals surface area (Å²) in [5.41, 5.74) is 0. The molecule has 1 aliphatic heterocycles. The van der Waals surface area contributed by atoms with Crippen LogP contribution < -0.4 is 0 Å². The van der Waals surface area contributed by atoms with Crippen molar-refractivity contribution in [1.29, 1.82) is 0 Å². The maximum atomic E-state index is 5.25. The quantitative estimate of drug-likeness (QED) is 0.461. The zero-order chi connectivity index (χ0) is 18.8. The maximum absolute atomic E-state index is 5.25. The molecule has 0 spiro atoms. The summed E-state index contributed by atoms with van der Waals surface area (Å²) in [5.74, 6) is 2.26. The van der Waals surface area contributed by atoms with Crippen LogP contribution >= 0.6 is 0 Å². The number of rotatable bonds is 6. The molecule has 1 atom stereocenters. The molecule has 1 heterocycles. The van der Waals surface area contributed by atoms with Crippen LogP contribution in [0.15, 0.2) is 22.6 Å². The molecule has 1 unspecified atom stereocenters. The Balaban J connectivity index is 0. The minimum Gasteiger partial charge on any atom is -0.483 e. The van der Waals surface area contributed by atoms with Gasteiger partial charge < -0.3 is 9.47 Å². The Morgan fingerprint density at radius 1 is 1.12 bits per heavy atom. The first-order valence-corrected chi connectivity index (χ1v) is 9.26. The molecule has 1 aliphatic rings. The smallest absolute Gasteiger partial charge is 0.209 e. The normalized spacial score (nSPS) is 15.9. The molecule has 0 radical (unpaired) electrons. The van der Waals surface area contributed by atoms with Gasteiger partial charge in [0.05, 0.1) is 14.2 Å². The summed E-state index contributed by atoms with van der Waals surface area (Å²) in [6.45, 7) is 15.0. The average Bonchev–Trinajstić information content (AvgIpc) is 2.54. The summed E-state index contributed by atoms with van der Waals surface area (Å²) in [5, 5.41) is 0. The molecule has 0 aromatic carbocycles. The van der Waals surface area contributed by atoms with Gasteiger partial charge >= 0.3 is 0 Å². The lowest BCUT2D eigenvalue weighted by atomic mass is 10.1. The predicted octanol–water partition coefficient (Wildman–Crippen LogP) is 5.67. The van der Waals surface area contributed by atoms with Gasteiger partial charge in [0, 0.05) is 0 Å². The summed E-state index contributed by atoms with van der Waals surface area (Å²) < 4.78 is 10.4. The lowest BCUT2D eigenvalue weighted by molar-refractivity contribution is 0.355. The molecule has 4 nitrogen and oxygen atoms in total. The Labute approximate surface area is 150 Å². The summed E-state index contributed by atoms with van der Waals surface area (Å²) in [4.78, 5) is 8.81. The van der Waals surface area contributed by atoms with Crippen LogP contribution in [0.2, 0.25) is 0 Å². The number of aliphatic imine (C=N–C) groups is 2. The number of hydrogen-bond donors (Lipinski definition) is 0.